The third-order valence-corrected chi connectivity index (χ3v) is 2.33. The molecule has 0 aliphatic rings. The second kappa shape index (κ2) is 5.95. The number of hydrogen-bond donors (Lipinski definition) is 2. The Balaban J connectivity index is 2.82. The molecular formula is C11H16BrFN2. The number of anilines is 2. The van der Waals surface area contributed by atoms with Crippen LogP contribution in [0, 0.1) is 0 Å². The molecule has 0 heterocycles. The van der Waals surface area contributed by atoms with Crippen LogP contribution in [0.5, 0.6) is 0 Å². The van der Waals surface area contributed by atoms with E-state index in [1.165, 1.54) is 0 Å². The van der Waals surface area contributed by atoms with Gasteiger partial charge < -0.3 is 10.6 Å². The molecule has 0 amide bonds. The van der Waals surface area contributed by atoms with Crippen molar-refractivity contribution in [3.8, 4) is 0 Å². The fraction of sp³-hybridized carbons (Fsp3) is 0.455. The number of rotatable bonds is 5. The maximum Gasteiger partial charge on any atom is 0.107 e. The van der Waals surface area contributed by atoms with E-state index in [0.29, 0.717) is 12.6 Å². The van der Waals surface area contributed by atoms with Crippen LogP contribution in [0.25, 0.3) is 0 Å². The summed E-state index contributed by atoms with van der Waals surface area (Å²) in [6.45, 7) is 4.12. The standard InChI is InChI=1S/C11H16BrFN2/c1-8(2)15-11-7-9(12)3-4-10(11)14-6-5-13/h3-4,7-8,14-15H,5-6H2,1-2H3. The molecule has 15 heavy (non-hydrogen) atoms. The molecule has 0 fully saturated rings. The summed E-state index contributed by atoms with van der Waals surface area (Å²) in [5.41, 5.74) is 1.93. The largest absolute Gasteiger partial charge is 0.381 e. The molecule has 84 valence electrons. The van der Waals surface area contributed by atoms with Gasteiger partial charge in [-0.25, -0.2) is 4.39 Å². The molecular weight excluding hydrogens is 259 g/mol. The number of halogens is 2. The Bertz CT molecular complexity index is 315. The molecule has 0 saturated heterocycles. The van der Waals surface area contributed by atoms with Crippen molar-refractivity contribution >= 4 is 27.3 Å². The van der Waals surface area contributed by atoms with E-state index in [9.17, 15) is 4.39 Å². The van der Waals surface area contributed by atoms with Crippen LogP contribution in [0.2, 0.25) is 0 Å². The first kappa shape index (κ1) is 12.3. The molecule has 0 unspecified atom stereocenters. The molecule has 1 rings (SSSR count). The molecule has 0 spiro atoms. The summed E-state index contributed by atoms with van der Waals surface area (Å²) >= 11 is 3.41. The number of benzene rings is 1. The molecule has 0 aromatic heterocycles. The zero-order valence-electron chi connectivity index (χ0n) is 8.98. The van der Waals surface area contributed by atoms with E-state index in [2.05, 4.69) is 40.4 Å². The highest BCUT2D eigenvalue weighted by Gasteiger charge is 2.03. The zero-order valence-corrected chi connectivity index (χ0v) is 10.6. The SMILES string of the molecule is CC(C)Nc1cc(Br)ccc1NCCF. The third-order valence-electron chi connectivity index (χ3n) is 1.84. The predicted octanol–water partition coefficient (Wildman–Crippen LogP) is 3.65. The second-order valence-corrected chi connectivity index (χ2v) is 4.52. The van der Waals surface area contributed by atoms with Gasteiger partial charge in [-0.05, 0) is 32.0 Å². The first-order chi connectivity index (χ1) is 7.13. The molecule has 2 N–H and O–H groups in total. The average Bonchev–Trinajstić information content (AvgIpc) is 2.16. The Morgan fingerprint density at radius 2 is 2.07 bits per heavy atom. The maximum absolute atomic E-state index is 12.1. The summed E-state index contributed by atoms with van der Waals surface area (Å²) < 4.78 is 13.1. The lowest BCUT2D eigenvalue weighted by Gasteiger charge is -2.16. The lowest BCUT2D eigenvalue weighted by molar-refractivity contribution is 0.513. The average molecular weight is 275 g/mol. The monoisotopic (exact) mass is 274 g/mol. The minimum atomic E-state index is -0.364. The molecule has 4 heteroatoms. The number of nitrogens with one attached hydrogen (secondary N) is 2. The highest BCUT2D eigenvalue weighted by molar-refractivity contribution is 9.10. The fourth-order valence-corrected chi connectivity index (χ4v) is 1.64. The van der Waals surface area contributed by atoms with Gasteiger partial charge in [0.15, 0.2) is 0 Å². The smallest absolute Gasteiger partial charge is 0.107 e. The quantitative estimate of drug-likeness (QED) is 0.857. The van der Waals surface area contributed by atoms with Crippen molar-refractivity contribution in [3.05, 3.63) is 22.7 Å². The van der Waals surface area contributed by atoms with Gasteiger partial charge in [0.25, 0.3) is 0 Å². The van der Waals surface area contributed by atoms with Crippen molar-refractivity contribution in [2.24, 2.45) is 0 Å². The van der Waals surface area contributed by atoms with Gasteiger partial charge in [0.2, 0.25) is 0 Å². The molecule has 2 nitrogen and oxygen atoms in total. The predicted molar refractivity (Wildman–Crippen MR) is 67.4 cm³/mol. The normalized spacial score (nSPS) is 10.5. The second-order valence-electron chi connectivity index (χ2n) is 3.60. The first-order valence-electron chi connectivity index (χ1n) is 4.99. The summed E-state index contributed by atoms with van der Waals surface area (Å²) in [5.74, 6) is 0. The number of hydrogen-bond acceptors (Lipinski definition) is 2. The fourth-order valence-electron chi connectivity index (χ4n) is 1.28. The van der Waals surface area contributed by atoms with Crippen LogP contribution >= 0.6 is 15.9 Å². The summed E-state index contributed by atoms with van der Waals surface area (Å²) in [6, 6.07) is 6.21. The van der Waals surface area contributed by atoms with Gasteiger partial charge in [0.1, 0.15) is 6.67 Å². The molecule has 1 aromatic carbocycles. The lowest BCUT2D eigenvalue weighted by atomic mass is 10.2. The minimum absolute atomic E-state index is 0.342. The van der Waals surface area contributed by atoms with Crippen molar-refractivity contribution in [2.75, 3.05) is 23.9 Å². The van der Waals surface area contributed by atoms with Crippen LogP contribution in [0.3, 0.4) is 0 Å². The zero-order chi connectivity index (χ0) is 11.3. The van der Waals surface area contributed by atoms with Crippen LogP contribution in [-0.4, -0.2) is 19.3 Å². The van der Waals surface area contributed by atoms with Gasteiger partial charge >= 0.3 is 0 Å². The van der Waals surface area contributed by atoms with Crippen molar-refractivity contribution in [1.29, 1.82) is 0 Å². The van der Waals surface area contributed by atoms with E-state index in [1.807, 2.05) is 18.2 Å². The first-order valence-corrected chi connectivity index (χ1v) is 5.78. The highest BCUT2D eigenvalue weighted by Crippen LogP contribution is 2.26. The molecule has 0 atom stereocenters. The van der Waals surface area contributed by atoms with Crippen LogP contribution < -0.4 is 10.6 Å². The molecule has 0 bridgehead atoms. The van der Waals surface area contributed by atoms with E-state index in [1.54, 1.807) is 0 Å². The van der Waals surface area contributed by atoms with Gasteiger partial charge in [-0.1, -0.05) is 15.9 Å². The molecule has 0 aliphatic carbocycles. The Morgan fingerprint density at radius 1 is 1.33 bits per heavy atom. The van der Waals surface area contributed by atoms with E-state index in [-0.39, 0.29) is 6.67 Å². The van der Waals surface area contributed by atoms with Crippen molar-refractivity contribution in [3.63, 3.8) is 0 Å². The maximum atomic E-state index is 12.1. The summed E-state index contributed by atoms with van der Waals surface area (Å²) in [5, 5.41) is 6.35. The molecule has 0 radical (unpaired) electrons. The summed E-state index contributed by atoms with van der Waals surface area (Å²) in [6.07, 6.45) is 0. The van der Waals surface area contributed by atoms with Crippen LogP contribution in [0.4, 0.5) is 15.8 Å². The van der Waals surface area contributed by atoms with E-state index in [0.717, 1.165) is 15.8 Å². The van der Waals surface area contributed by atoms with Crippen LogP contribution in [-0.2, 0) is 0 Å². The Kier molecular flexibility index (Phi) is 4.88. The van der Waals surface area contributed by atoms with Gasteiger partial charge in [-0.3, -0.25) is 0 Å². The van der Waals surface area contributed by atoms with Gasteiger partial charge in [0, 0.05) is 17.1 Å². The lowest BCUT2D eigenvalue weighted by Crippen LogP contribution is -2.13. The Morgan fingerprint density at radius 3 is 2.67 bits per heavy atom. The van der Waals surface area contributed by atoms with E-state index in [4.69, 9.17) is 0 Å². The van der Waals surface area contributed by atoms with Crippen molar-refractivity contribution in [1.82, 2.24) is 0 Å². The topological polar surface area (TPSA) is 24.1 Å². The Hall–Kier alpha value is -0.770. The van der Waals surface area contributed by atoms with Crippen molar-refractivity contribution in [2.45, 2.75) is 19.9 Å². The third kappa shape index (κ3) is 4.08. The summed E-state index contributed by atoms with van der Waals surface area (Å²) in [4.78, 5) is 0. The molecule has 0 aliphatic heterocycles. The van der Waals surface area contributed by atoms with Crippen molar-refractivity contribution < 1.29 is 4.39 Å². The number of alkyl halides is 1. The minimum Gasteiger partial charge on any atom is -0.381 e. The van der Waals surface area contributed by atoms with Gasteiger partial charge in [-0.2, -0.15) is 0 Å². The molecule has 0 saturated carbocycles. The van der Waals surface area contributed by atoms with Crippen LogP contribution in [0.15, 0.2) is 22.7 Å². The summed E-state index contributed by atoms with van der Waals surface area (Å²) in [7, 11) is 0. The van der Waals surface area contributed by atoms with E-state index >= 15 is 0 Å². The Labute approximate surface area is 98.4 Å². The van der Waals surface area contributed by atoms with Gasteiger partial charge in [0.05, 0.1) is 11.4 Å². The molecule has 1 aromatic rings. The highest BCUT2D eigenvalue weighted by atomic mass is 79.9. The van der Waals surface area contributed by atoms with E-state index < -0.39 is 0 Å². The van der Waals surface area contributed by atoms with Gasteiger partial charge in [-0.15, -0.1) is 0 Å². The van der Waals surface area contributed by atoms with Crippen LogP contribution in [0.1, 0.15) is 13.8 Å².